The highest BCUT2D eigenvalue weighted by atomic mass is 16.3. The van der Waals surface area contributed by atoms with Gasteiger partial charge in [0.25, 0.3) is 0 Å². The lowest BCUT2D eigenvalue weighted by Crippen LogP contribution is -2.34. The summed E-state index contributed by atoms with van der Waals surface area (Å²) < 4.78 is 0. The molecule has 0 saturated carbocycles. The molecule has 0 aromatic rings. The van der Waals surface area contributed by atoms with Gasteiger partial charge >= 0.3 is 0 Å². The molecule has 0 radical (unpaired) electrons. The fourth-order valence-electron chi connectivity index (χ4n) is 1.75. The number of rotatable bonds is 6. The van der Waals surface area contributed by atoms with Gasteiger partial charge in [-0.3, -0.25) is 0 Å². The Labute approximate surface area is 82.0 Å². The molecule has 0 bridgehead atoms. The van der Waals surface area contributed by atoms with E-state index in [1.807, 2.05) is 20.8 Å². The van der Waals surface area contributed by atoms with Gasteiger partial charge in [0.15, 0.2) is 0 Å². The summed E-state index contributed by atoms with van der Waals surface area (Å²) in [7, 11) is 0. The molecule has 2 heteroatoms. The van der Waals surface area contributed by atoms with E-state index in [1.165, 1.54) is 0 Å². The third-order valence-corrected chi connectivity index (χ3v) is 2.67. The molecule has 0 amide bonds. The van der Waals surface area contributed by atoms with Gasteiger partial charge < -0.3 is 10.2 Å². The molecule has 0 aliphatic heterocycles. The normalized spacial score (nSPS) is 18.7. The lowest BCUT2D eigenvalue weighted by molar-refractivity contribution is -0.0161. The summed E-state index contributed by atoms with van der Waals surface area (Å²) in [6.45, 7) is 8.06. The maximum atomic E-state index is 9.82. The summed E-state index contributed by atoms with van der Waals surface area (Å²) in [6.07, 6.45) is 1.91. The Morgan fingerprint density at radius 1 is 1.08 bits per heavy atom. The van der Waals surface area contributed by atoms with Crippen LogP contribution in [0.25, 0.3) is 0 Å². The fourth-order valence-corrected chi connectivity index (χ4v) is 1.75. The summed E-state index contributed by atoms with van der Waals surface area (Å²) in [6, 6.07) is 0. The van der Waals surface area contributed by atoms with Gasteiger partial charge in [-0.2, -0.15) is 0 Å². The molecule has 2 N–H and O–H groups in total. The maximum absolute atomic E-state index is 9.82. The van der Waals surface area contributed by atoms with Gasteiger partial charge in [0.05, 0.1) is 12.2 Å². The van der Waals surface area contributed by atoms with Crippen LogP contribution in [0.3, 0.4) is 0 Å². The summed E-state index contributed by atoms with van der Waals surface area (Å²) in [5, 5.41) is 19.6. The lowest BCUT2D eigenvalue weighted by Gasteiger charge is -2.28. The lowest BCUT2D eigenvalue weighted by atomic mass is 9.85. The molecular formula is C11H24O2. The van der Waals surface area contributed by atoms with Gasteiger partial charge in [-0.1, -0.05) is 34.1 Å². The van der Waals surface area contributed by atoms with E-state index in [1.54, 1.807) is 0 Å². The zero-order valence-electron chi connectivity index (χ0n) is 9.33. The van der Waals surface area contributed by atoms with Crippen molar-refractivity contribution < 1.29 is 10.2 Å². The van der Waals surface area contributed by atoms with Crippen molar-refractivity contribution in [2.75, 3.05) is 0 Å². The van der Waals surface area contributed by atoms with Crippen molar-refractivity contribution in [3.63, 3.8) is 0 Å². The highest BCUT2D eigenvalue weighted by Crippen LogP contribution is 2.22. The first-order chi connectivity index (χ1) is 6.04. The van der Waals surface area contributed by atoms with E-state index in [-0.39, 0.29) is 24.0 Å². The third-order valence-electron chi connectivity index (χ3n) is 2.67. The van der Waals surface area contributed by atoms with Crippen LogP contribution in [0.1, 0.15) is 47.0 Å². The zero-order chi connectivity index (χ0) is 10.4. The first kappa shape index (κ1) is 12.9. The molecule has 0 fully saturated rings. The topological polar surface area (TPSA) is 40.5 Å². The van der Waals surface area contributed by atoms with Gasteiger partial charge in [0.2, 0.25) is 0 Å². The van der Waals surface area contributed by atoms with E-state index in [0.29, 0.717) is 0 Å². The Kier molecular flexibility index (Phi) is 6.35. The predicted molar refractivity (Wildman–Crippen MR) is 55.5 cm³/mol. The average molecular weight is 188 g/mol. The minimum absolute atomic E-state index is 0.0416. The van der Waals surface area contributed by atoms with Crippen LogP contribution in [0, 0.1) is 11.8 Å². The molecule has 0 spiro atoms. The molecule has 2 nitrogen and oxygen atoms in total. The molecule has 0 rings (SSSR count). The second kappa shape index (κ2) is 6.39. The number of aliphatic hydroxyl groups is 2. The maximum Gasteiger partial charge on any atom is 0.0615 e. The van der Waals surface area contributed by atoms with Crippen molar-refractivity contribution in [1.82, 2.24) is 0 Å². The second-order valence-electron chi connectivity index (χ2n) is 4.16. The smallest absolute Gasteiger partial charge is 0.0615 e. The van der Waals surface area contributed by atoms with Crippen LogP contribution >= 0.6 is 0 Å². The minimum atomic E-state index is -0.369. The van der Waals surface area contributed by atoms with Crippen molar-refractivity contribution in [2.45, 2.75) is 59.2 Å². The molecule has 0 aromatic heterocycles. The monoisotopic (exact) mass is 188 g/mol. The average Bonchev–Trinajstić information content (AvgIpc) is 2.05. The highest BCUT2D eigenvalue weighted by molar-refractivity contribution is 4.76. The molecule has 80 valence electrons. The number of aliphatic hydroxyl groups excluding tert-OH is 2. The zero-order valence-corrected chi connectivity index (χ0v) is 9.33. The summed E-state index contributed by atoms with van der Waals surface area (Å²) >= 11 is 0. The predicted octanol–water partition coefficient (Wildman–Crippen LogP) is 2.19. The number of hydrogen-bond acceptors (Lipinski definition) is 2. The van der Waals surface area contributed by atoms with Crippen molar-refractivity contribution in [2.24, 2.45) is 11.8 Å². The van der Waals surface area contributed by atoms with Crippen molar-refractivity contribution in [3.05, 3.63) is 0 Å². The molecule has 0 aromatic carbocycles. The molecule has 0 heterocycles. The van der Waals surface area contributed by atoms with E-state index in [4.69, 9.17) is 0 Å². The van der Waals surface area contributed by atoms with Crippen LogP contribution in [0.4, 0.5) is 0 Å². The third kappa shape index (κ3) is 4.10. The molecule has 0 aliphatic carbocycles. The van der Waals surface area contributed by atoms with Gasteiger partial charge in [-0.05, 0) is 18.8 Å². The Hall–Kier alpha value is -0.0800. The molecular weight excluding hydrogens is 164 g/mol. The summed E-state index contributed by atoms with van der Waals surface area (Å²) in [5.74, 6) is 0.274. The Balaban J connectivity index is 4.14. The summed E-state index contributed by atoms with van der Waals surface area (Å²) in [4.78, 5) is 0. The Morgan fingerprint density at radius 2 is 1.62 bits per heavy atom. The van der Waals surface area contributed by atoms with Crippen LogP contribution in [-0.2, 0) is 0 Å². The van der Waals surface area contributed by atoms with Crippen molar-refractivity contribution >= 4 is 0 Å². The van der Waals surface area contributed by atoms with E-state index in [2.05, 4.69) is 6.92 Å². The van der Waals surface area contributed by atoms with Gasteiger partial charge in [-0.25, -0.2) is 0 Å². The SMILES string of the molecule is CCCC(O)C(CC)C(O)C(C)C. The largest absolute Gasteiger partial charge is 0.393 e. The molecule has 3 unspecified atom stereocenters. The molecule has 0 aliphatic rings. The van der Waals surface area contributed by atoms with Crippen molar-refractivity contribution in [1.29, 1.82) is 0 Å². The Morgan fingerprint density at radius 3 is 1.92 bits per heavy atom. The first-order valence-electron chi connectivity index (χ1n) is 5.40. The Bertz CT molecular complexity index is 123. The fraction of sp³-hybridized carbons (Fsp3) is 1.00. The van der Waals surface area contributed by atoms with E-state index < -0.39 is 0 Å². The van der Waals surface area contributed by atoms with Crippen LogP contribution in [0.5, 0.6) is 0 Å². The summed E-state index contributed by atoms with van der Waals surface area (Å²) in [5.41, 5.74) is 0. The first-order valence-corrected chi connectivity index (χ1v) is 5.40. The van der Waals surface area contributed by atoms with E-state index >= 15 is 0 Å². The number of hydrogen-bond donors (Lipinski definition) is 2. The molecule has 0 saturated heterocycles. The van der Waals surface area contributed by atoms with Gasteiger partial charge in [-0.15, -0.1) is 0 Å². The van der Waals surface area contributed by atoms with E-state index in [9.17, 15) is 10.2 Å². The van der Waals surface area contributed by atoms with E-state index in [0.717, 1.165) is 19.3 Å². The second-order valence-corrected chi connectivity index (χ2v) is 4.16. The van der Waals surface area contributed by atoms with Gasteiger partial charge in [0.1, 0.15) is 0 Å². The van der Waals surface area contributed by atoms with Crippen LogP contribution in [0.2, 0.25) is 0 Å². The molecule has 13 heavy (non-hydrogen) atoms. The van der Waals surface area contributed by atoms with Gasteiger partial charge in [0, 0.05) is 5.92 Å². The van der Waals surface area contributed by atoms with Crippen LogP contribution in [0.15, 0.2) is 0 Å². The van der Waals surface area contributed by atoms with Crippen LogP contribution < -0.4 is 0 Å². The highest BCUT2D eigenvalue weighted by Gasteiger charge is 2.26. The molecule has 3 atom stereocenters. The van der Waals surface area contributed by atoms with Crippen LogP contribution in [-0.4, -0.2) is 22.4 Å². The standard InChI is InChI=1S/C11H24O2/c1-5-7-10(12)9(6-2)11(13)8(3)4/h8-13H,5-7H2,1-4H3. The quantitative estimate of drug-likeness (QED) is 0.671. The minimum Gasteiger partial charge on any atom is -0.393 e. The van der Waals surface area contributed by atoms with Crippen molar-refractivity contribution in [3.8, 4) is 0 Å².